The number of carbonyl (C=O) groups is 2. The van der Waals surface area contributed by atoms with Crippen LogP contribution in [0.5, 0.6) is 11.5 Å². The monoisotopic (exact) mass is 459 g/mol. The Labute approximate surface area is 196 Å². The third-order valence-corrected chi connectivity index (χ3v) is 5.32. The second-order valence-corrected chi connectivity index (χ2v) is 7.65. The number of hydrogen-bond acceptors (Lipinski definition) is 5. The van der Waals surface area contributed by atoms with Crippen LogP contribution >= 0.6 is 0 Å². The van der Waals surface area contributed by atoms with Crippen LogP contribution in [0.1, 0.15) is 13.8 Å². The Kier molecular flexibility index (Phi) is 6.77. The Hall–Kier alpha value is -4.33. The highest BCUT2D eigenvalue weighted by atomic mass is 16.5. The van der Waals surface area contributed by atoms with E-state index in [2.05, 4.69) is 10.9 Å². The first kappa shape index (κ1) is 22.8. The molecular weight excluding hydrogens is 434 g/mol. The number of nitrogens with zero attached hydrogens (tertiary/aromatic N) is 1. The average molecular weight is 460 g/mol. The van der Waals surface area contributed by atoms with Crippen LogP contribution in [0.2, 0.25) is 0 Å². The number of hydrogen-bond donors (Lipinski definition) is 2. The molecule has 1 unspecified atom stereocenters. The van der Waals surface area contributed by atoms with Gasteiger partial charge in [-0.15, -0.1) is 0 Å². The molecule has 0 spiro atoms. The van der Waals surface area contributed by atoms with E-state index in [1.54, 1.807) is 72.2 Å². The number of fused-ring (bicyclic) bond motifs is 2. The number of pyridine rings is 1. The van der Waals surface area contributed by atoms with Gasteiger partial charge in [-0.05, 0) is 62.4 Å². The maximum absolute atomic E-state index is 12.8. The summed E-state index contributed by atoms with van der Waals surface area (Å²) in [5, 5.41) is 1.05. The summed E-state index contributed by atoms with van der Waals surface area (Å²) in [6, 6.07) is 21.2. The van der Waals surface area contributed by atoms with Crippen molar-refractivity contribution in [1.82, 2.24) is 15.4 Å². The maximum Gasteiger partial charge on any atom is 0.279 e. The Balaban J connectivity index is 1.43. The first-order valence-corrected chi connectivity index (χ1v) is 11.0. The van der Waals surface area contributed by atoms with Gasteiger partial charge in [0.2, 0.25) is 0 Å². The van der Waals surface area contributed by atoms with Crippen molar-refractivity contribution in [1.29, 1.82) is 0 Å². The van der Waals surface area contributed by atoms with Crippen molar-refractivity contribution in [3.05, 3.63) is 83.0 Å². The minimum absolute atomic E-state index is 0.0866. The van der Waals surface area contributed by atoms with E-state index in [-0.39, 0.29) is 12.0 Å². The summed E-state index contributed by atoms with van der Waals surface area (Å²) in [5.41, 5.74) is 6.02. The summed E-state index contributed by atoms with van der Waals surface area (Å²) in [4.78, 5) is 37.9. The van der Waals surface area contributed by atoms with Gasteiger partial charge in [-0.25, -0.2) is 0 Å². The van der Waals surface area contributed by atoms with Gasteiger partial charge in [0.25, 0.3) is 11.8 Å². The molecule has 0 aliphatic rings. The third-order valence-electron chi connectivity index (χ3n) is 5.32. The van der Waals surface area contributed by atoms with E-state index in [0.29, 0.717) is 39.9 Å². The molecule has 0 saturated heterocycles. The highest BCUT2D eigenvalue weighted by molar-refractivity contribution is 5.95. The van der Waals surface area contributed by atoms with Crippen LogP contribution in [0.4, 0.5) is 0 Å². The fourth-order valence-electron chi connectivity index (χ4n) is 3.70. The molecule has 3 aromatic carbocycles. The molecule has 0 fully saturated rings. The molecule has 4 rings (SSSR count). The zero-order valence-corrected chi connectivity index (χ0v) is 18.9. The zero-order valence-electron chi connectivity index (χ0n) is 18.9. The number of carbonyl (C=O) groups excluding carboxylic acids is 2. The molecule has 2 amide bonds. The van der Waals surface area contributed by atoms with Gasteiger partial charge in [0, 0.05) is 10.8 Å². The van der Waals surface area contributed by atoms with Gasteiger partial charge < -0.3 is 14.0 Å². The molecule has 174 valence electrons. The first-order chi connectivity index (χ1) is 16.5. The predicted octanol–water partition coefficient (Wildman–Crippen LogP) is 3.17. The SMILES string of the molecule is CCOc1ccc(OC(C)C(=O)NNC(=O)Cn2c3ccccc3c(=O)c3ccccc32)cc1. The Morgan fingerprint density at radius 2 is 1.41 bits per heavy atom. The normalized spacial score (nSPS) is 11.7. The molecule has 0 radical (unpaired) electrons. The van der Waals surface area contributed by atoms with Crippen molar-refractivity contribution in [2.75, 3.05) is 6.61 Å². The standard InChI is InChI=1S/C26H25N3O5/c1-3-33-18-12-14-19(15-13-18)34-17(2)26(32)28-27-24(30)16-29-22-10-6-4-8-20(22)25(31)21-9-5-7-11-23(21)29/h4-15,17H,3,16H2,1-2H3,(H,27,30)(H,28,32). The zero-order chi connectivity index (χ0) is 24.1. The van der Waals surface area contributed by atoms with Crippen molar-refractivity contribution in [3.63, 3.8) is 0 Å². The lowest BCUT2D eigenvalue weighted by Gasteiger charge is -2.17. The molecular formula is C26H25N3O5. The van der Waals surface area contributed by atoms with Crippen LogP contribution in [0.3, 0.4) is 0 Å². The number of rotatable bonds is 7. The lowest BCUT2D eigenvalue weighted by atomic mass is 10.1. The van der Waals surface area contributed by atoms with Crippen LogP contribution < -0.4 is 25.8 Å². The maximum atomic E-state index is 12.8. The topological polar surface area (TPSA) is 98.7 Å². The number of amides is 2. The van der Waals surface area contributed by atoms with Crippen LogP contribution in [0, 0.1) is 0 Å². The number of nitrogens with one attached hydrogen (secondary N) is 2. The van der Waals surface area contributed by atoms with E-state index in [1.165, 1.54) is 0 Å². The Morgan fingerprint density at radius 3 is 2.00 bits per heavy atom. The van der Waals surface area contributed by atoms with Crippen LogP contribution in [0.15, 0.2) is 77.6 Å². The van der Waals surface area contributed by atoms with E-state index in [9.17, 15) is 14.4 Å². The minimum Gasteiger partial charge on any atom is -0.494 e. The number of benzene rings is 3. The Bertz CT molecular complexity index is 1340. The second kappa shape index (κ2) is 10.1. The van der Waals surface area contributed by atoms with Gasteiger partial charge in [0.15, 0.2) is 11.5 Å². The van der Waals surface area contributed by atoms with Gasteiger partial charge in [0.1, 0.15) is 18.0 Å². The molecule has 2 N–H and O–H groups in total. The van der Waals surface area contributed by atoms with Crippen molar-refractivity contribution in [2.45, 2.75) is 26.5 Å². The van der Waals surface area contributed by atoms with Crippen molar-refractivity contribution < 1.29 is 19.1 Å². The van der Waals surface area contributed by atoms with Gasteiger partial charge in [-0.1, -0.05) is 24.3 Å². The lowest BCUT2D eigenvalue weighted by Crippen LogP contribution is -2.48. The van der Waals surface area contributed by atoms with Crippen molar-refractivity contribution in [3.8, 4) is 11.5 Å². The van der Waals surface area contributed by atoms with E-state index in [4.69, 9.17) is 9.47 Å². The first-order valence-electron chi connectivity index (χ1n) is 11.0. The molecule has 4 aromatic rings. The molecule has 0 saturated carbocycles. The molecule has 1 atom stereocenters. The van der Waals surface area contributed by atoms with E-state index < -0.39 is 17.9 Å². The van der Waals surface area contributed by atoms with Crippen LogP contribution in [-0.2, 0) is 16.1 Å². The Morgan fingerprint density at radius 1 is 0.853 bits per heavy atom. The van der Waals surface area contributed by atoms with E-state index in [0.717, 1.165) is 0 Å². The van der Waals surface area contributed by atoms with Gasteiger partial charge in [-0.2, -0.15) is 0 Å². The highest BCUT2D eigenvalue weighted by Gasteiger charge is 2.17. The molecule has 0 bridgehead atoms. The molecule has 1 heterocycles. The number of aromatic nitrogens is 1. The summed E-state index contributed by atoms with van der Waals surface area (Å²) in [7, 11) is 0. The quantitative estimate of drug-likeness (QED) is 0.327. The summed E-state index contributed by atoms with van der Waals surface area (Å²) in [5.74, 6) is 0.267. The third kappa shape index (κ3) is 4.85. The van der Waals surface area contributed by atoms with E-state index in [1.807, 2.05) is 19.1 Å². The predicted molar refractivity (Wildman–Crippen MR) is 130 cm³/mol. The molecule has 8 nitrogen and oxygen atoms in total. The van der Waals surface area contributed by atoms with Crippen LogP contribution in [-0.4, -0.2) is 29.1 Å². The molecule has 34 heavy (non-hydrogen) atoms. The molecule has 0 aliphatic carbocycles. The highest BCUT2D eigenvalue weighted by Crippen LogP contribution is 2.20. The number of para-hydroxylation sites is 2. The average Bonchev–Trinajstić information content (AvgIpc) is 2.86. The lowest BCUT2D eigenvalue weighted by molar-refractivity contribution is -0.132. The summed E-state index contributed by atoms with van der Waals surface area (Å²) in [6.45, 7) is 3.95. The fraction of sp³-hybridized carbons (Fsp3) is 0.192. The summed E-state index contributed by atoms with van der Waals surface area (Å²) in [6.07, 6.45) is -0.840. The second-order valence-electron chi connectivity index (χ2n) is 7.65. The smallest absolute Gasteiger partial charge is 0.279 e. The largest absolute Gasteiger partial charge is 0.494 e. The molecule has 0 aliphatic heterocycles. The summed E-state index contributed by atoms with van der Waals surface area (Å²) < 4.78 is 12.8. The molecule has 8 heteroatoms. The van der Waals surface area contributed by atoms with Crippen molar-refractivity contribution >= 4 is 33.6 Å². The van der Waals surface area contributed by atoms with E-state index >= 15 is 0 Å². The summed E-state index contributed by atoms with van der Waals surface area (Å²) >= 11 is 0. The van der Waals surface area contributed by atoms with Crippen molar-refractivity contribution in [2.24, 2.45) is 0 Å². The van der Waals surface area contributed by atoms with Gasteiger partial charge in [0.05, 0.1) is 17.6 Å². The number of hydrazine groups is 1. The fourth-order valence-corrected chi connectivity index (χ4v) is 3.70. The minimum atomic E-state index is -0.840. The van der Waals surface area contributed by atoms with Crippen LogP contribution in [0.25, 0.3) is 21.8 Å². The molecule has 1 aromatic heterocycles. The number of ether oxygens (including phenoxy) is 2. The van der Waals surface area contributed by atoms with Gasteiger partial charge >= 0.3 is 0 Å². The van der Waals surface area contributed by atoms with Gasteiger partial charge in [-0.3, -0.25) is 25.2 Å².